The van der Waals surface area contributed by atoms with Gasteiger partial charge in [-0.2, -0.15) is 0 Å². The number of ether oxygens (including phenoxy) is 1. The fourth-order valence-electron chi connectivity index (χ4n) is 2.67. The van der Waals surface area contributed by atoms with Gasteiger partial charge in [0.05, 0.1) is 11.3 Å². The van der Waals surface area contributed by atoms with Crippen LogP contribution in [0.4, 0.5) is 21.9 Å². The number of benzene rings is 3. The summed E-state index contributed by atoms with van der Waals surface area (Å²) in [5.74, 6) is 0.670. The van der Waals surface area contributed by atoms with Gasteiger partial charge in [0, 0.05) is 16.4 Å². The zero-order valence-electron chi connectivity index (χ0n) is 14.0. The van der Waals surface area contributed by atoms with E-state index in [4.69, 9.17) is 16.3 Å². The Morgan fingerprint density at radius 3 is 2.41 bits per heavy atom. The SMILES string of the molecule is O=C(Nc1ccc(Cl)cc1)Nc1ccc2c(c1)C(=O)Nc1ccccc1O2. The minimum absolute atomic E-state index is 0.309. The molecule has 0 saturated carbocycles. The van der Waals surface area contributed by atoms with E-state index in [0.29, 0.717) is 39.1 Å². The van der Waals surface area contributed by atoms with Gasteiger partial charge in [0.15, 0.2) is 5.75 Å². The molecule has 3 amide bonds. The average Bonchev–Trinajstić information content (AvgIpc) is 2.79. The molecule has 0 atom stereocenters. The maximum Gasteiger partial charge on any atom is 0.323 e. The first-order valence-electron chi connectivity index (χ1n) is 8.14. The molecule has 1 heterocycles. The molecule has 3 N–H and O–H groups in total. The Balaban J connectivity index is 1.53. The molecule has 0 aromatic heterocycles. The van der Waals surface area contributed by atoms with Crippen LogP contribution in [0.1, 0.15) is 10.4 Å². The van der Waals surface area contributed by atoms with Crippen molar-refractivity contribution in [3.8, 4) is 11.5 Å². The van der Waals surface area contributed by atoms with Crippen molar-refractivity contribution in [1.29, 1.82) is 0 Å². The van der Waals surface area contributed by atoms with Crippen LogP contribution in [0.15, 0.2) is 66.7 Å². The number of carbonyl (C=O) groups excluding carboxylic acids is 2. The van der Waals surface area contributed by atoms with Crippen LogP contribution in [0.3, 0.4) is 0 Å². The summed E-state index contributed by atoms with van der Waals surface area (Å²) in [6.07, 6.45) is 0. The van der Waals surface area contributed by atoms with E-state index in [9.17, 15) is 9.59 Å². The van der Waals surface area contributed by atoms with Gasteiger partial charge in [0.2, 0.25) is 0 Å². The fraction of sp³-hybridized carbons (Fsp3) is 0. The molecule has 3 aromatic rings. The van der Waals surface area contributed by atoms with Crippen LogP contribution in [0, 0.1) is 0 Å². The van der Waals surface area contributed by atoms with E-state index in [-0.39, 0.29) is 5.91 Å². The van der Waals surface area contributed by atoms with E-state index in [2.05, 4.69) is 16.0 Å². The second-order valence-electron chi connectivity index (χ2n) is 5.85. The lowest BCUT2D eigenvalue weighted by Crippen LogP contribution is -2.20. The van der Waals surface area contributed by atoms with Crippen molar-refractivity contribution in [3.05, 3.63) is 77.3 Å². The first kappa shape index (κ1) is 16.9. The van der Waals surface area contributed by atoms with E-state index in [1.807, 2.05) is 12.1 Å². The molecule has 0 bridgehead atoms. The number of hydrogen-bond donors (Lipinski definition) is 3. The number of hydrogen-bond acceptors (Lipinski definition) is 3. The smallest absolute Gasteiger partial charge is 0.323 e. The predicted molar refractivity (Wildman–Crippen MR) is 105 cm³/mol. The third kappa shape index (κ3) is 3.70. The van der Waals surface area contributed by atoms with Gasteiger partial charge in [-0.25, -0.2) is 4.79 Å². The van der Waals surface area contributed by atoms with Gasteiger partial charge in [-0.1, -0.05) is 23.7 Å². The van der Waals surface area contributed by atoms with E-state index in [1.54, 1.807) is 54.6 Å². The number of halogens is 1. The van der Waals surface area contributed by atoms with Crippen LogP contribution < -0.4 is 20.7 Å². The summed E-state index contributed by atoms with van der Waals surface area (Å²) in [7, 11) is 0. The van der Waals surface area contributed by atoms with Crippen LogP contribution in [0.5, 0.6) is 11.5 Å². The Morgan fingerprint density at radius 1 is 0.889 bits per heavy atom. The van der Waals surface area contributed by atoms with E-state index >= 15 is 0 Å². The molecule has 0 spiro atoms. The van der Waals surface area contributed by atoms with E-state index in [1.165, 1.54) is 0 Å². The molecule has 4 rings (SSSR count). The zero-order chi connectivity index (χ0) is 18.8. The maximum absolute atomic E-state index is 12.5. The molecule has 3 aromatic carbocycles. The predicted octanol–water partition coefficient (Wildman–Crippen LogP) is 5.34. The molecule has 134 valence electrons. The number of para-hydroxylation sites is 2. The average molecular weight is 380 g/mol. The summed E-state index contributed by atoms with van der Waals surface area (Å²) >= 11 is 5.83. The second kappa shape index (κ2) is 7.01. The Bertz CT molecular complexity index is 1030. The summed E-state index contributed by atoms with van der Waals surface area (Å²) < 4.78 is 5.82. The van der Waals surface area contributed by atoms with Crippen LogP contribution in [0.2, 0.25) is 5.02 Å². The maximum atomic E-state index is 12.5. The molecule has 0 fully saturated rings. The van der Waals surface area contributed by atoms with Crippen LogP contribution in [-0.4, -0.2) is 11.9 Å². The minimum atomic E-state index is -0.435. The van der Waals surface area contributed by atoms with Gasteiger partial charge in [0.1, 0.15) is 5.75 Å². The second-order valence-corrected chi connectivity index (χ2v) is 6.29. The Labute approximate surface area is 160 Å². The van der Waals surface area contributed by atoms with E-state index in [0.717, 1.165) is 0 Å². The number of fused-ring (bicyclic) bond motifs is 2. The van der Waals surface area contributed by atoms with Gasteiger partial charge >= 0.3 is 6.03 Å². The molecule has 0 radical (unpaired) electrons. The largest absolute Gasteiger partial charge is 0.454 e. The van der Waals surface area contributed by atoms with Crippen molar-refractivity contribution >= 4 is 40.6 Å². The molecular formula is C20H14ClN3O3. The third-order valence-electron chi connectivity index (χ3n) is 3.94. The van der Waals surface area contributed by atoms with Gasteiger partial charge < -0.3 is 20.7 Å². The van der Waals surface area contributed by atoms with Crippen molar-refractivity contribution in [1.82, 2.24) is 0 Å². The van der Waals surface area contributed by atoms with Crippen LogP contribution >= 0.6 is 11.6 Å². The highest BCUT2D eigenvalue weighted by Crippen LogP contribution is 2.36. The molecule has 7 heteroatoms. The topological polar surface area (TPSA) is 79.5 Å². The van der Waals surface area contributed by atoms with Crippen molar-refractivity contribution in [2.75, 3.05) is 16.0 Å². The minimum Gasteiger partial charge on any atom is -0.454 e. The standard InChI is InChI=1S/C20H14ClN3O3/c21-12-5-7-13(8-6-12)22-20(26)23-14-9-10-17-15(11-14)19(25)24-16-3-1-2-4-18(16)27-17/h1-11H,(H,24,25)(H2,22,23,26). The molecule has 1 aliphatic rings. The highest BCUT2D eigenvalue weighted by molar-refractivity contribution is 6.30. The number of urea groups is 1. The number of anilines is 3. The lowest BCUT2D eigenvalue weighted by atomic mass is 10.1. The molecule has 1 aliphatic heterocycles. The number of carbonyl (C=O) groups is 2. The Hall–Kier alpha value is -3.51. The van der Waals surface area contributed by atoms with E-state index < -0.39 is 6.03 Å². The van der Waals surface area contributed by atoms with Crippen molar-refractivity contribution < 1.29 is 14.3 Å². The number of rotatable bonds is 2. The highest BCUT2D eigenvalue weighted by Gasteiger charge is 2.21. The summed E-state index contributed by atoms with van der Waals surface area (Å²) in [5.41, 5.74) is 1.98. The lowest BCUT2D eigenvalue weighted by Gasteiger charge is -2.11. The molecule has 0 saturated heterocycles. The van der Waals surface area contributed by atoms with Gasteiger partial charge in [-0.3, -0.25) is 4.79 Å². The first-order valence-corrected chi connectivity index (χ1v) is 8.52. The van der Waals surface area contributed by atoms with Gasteiger partial charge in [-0.05, 0) is 54.6 Å². The molecule has 27 heavy (non-hydrogen) atoms. The Morgan fingerprint density at radius 2 is 1.59 bits per heavy atom. The monoisotopic (exact) mass is 379 g/mol. The van der Waals surface area contributed by atoms with Crippen molar-refractivity contribution in [3.63, 3.8) is 0 Å². The third-order valence-corrected chi connectivity index (χ3v) is 4.19. The van der Waals surface area contributed by atoms with Gasteiger partial charge in [0.25, 0.3) is 5.91 Å². The van der Waals surface area contributed by atoms with Crippen LogP contribution in [-0.2, 0) is 0 Å². The summed E-state index contributed by atoms with van der Waals surface area (Å²) in [6, 6.07) is 18.4. The van der Waals surface area contributed by atoms with Crippen molar-refractivity contribution in [2.24, 2.45) is 0 Å². The summed E-state index contributed by atoms with van der Waals surface area (Å²) in [4.78, 5) is 24.7. The molecule has 0 unspecified atom stereocenters. The molecule has 6 nitrogen and oxygen atoms in total. The normalized spacial score (nSPS) is 12.0. The zero-order valence-corrected chi connectivity index (χ0v) is 14.7. The summed E-state index contributed by atoms with van der Waals surface area (Å²) in [5, 5.41) is 8.78. The first-order chi connectivity index (χ1) is 13.1. The number of amides is 3. The Kier molecular flexibility index (Phi) is 4.40. The summed E-state index contributed by atoms with van der Waals surface area (Å²) in [6.45, 7) is 0. The van der Waals surface area contributed by atoms with Crippen LogP contribution in [0.25, 0.3) is 0 Å². The van der Waals surface area contributed by atoms with Gasteiger partial charge in [-0.15, -0.1) is 0 Å². The number of nitrogens with one attached hydrogen (secondary N) is 3. The highest BCUT2D eigenvalue weighted by atomic mass is 35.5. The quantitative estimate of drug-likeness (QED) is 0.562. The van der Waals surface area contributed by atoms with Crippen molar-refractivity contribution in [2.45, 2.75) is 0 Å². The fourth-order valence-corrected chi connectivity index (χ4v) is 2.79. The lowest BCUT2D eigenvalue weighted by molar-refractivity contribution is 0.102. The molecular weight excluding hydrogens is 366 g/mol. The molecule has 0 aliphatic carbocycles.